The number of benzene rings is 1. The molecule has 0 aliphatic heterocycles. The standard InChI is InChI=1S/C25H34/c1-7-8-11-18-14-15-19(16-18)25(5,6)23-17-22(24(2,3)4)20-12-9-10-13-21(20)23/h9-10,12-17,19,23H,7-8,11H2,1-6H3. The summed E-state index contributed by atoms with van der Waals surface area (Å²) < 4.78 is 0. The Morgan fingerprint density at radius 3 is 2.36 bits per heavy atom. The zero-order chi connectivity index (χ0) is 18.2. The first-order chi connectivity index (χ1) is 11.7. The molecule has 0 heteroatoms. The first kappa shape index (κ1) is 18.2. The van der Waals surface area contributed by atoms with E-state index in [2.05, 4.69) is 90.1 Å². The van der Waals surface area contributed by atoms with E-state index in [0.717, 1.165) is 0 Å². The van der Waals surface area contributed by atoms with Gasteiger partial charge in [-0.25, -0.2) is 0 Å². The van der Waals surface area contributed by atoms with Crippen molar-refractivity contribution in [3.05, 3.63) is 65.3 Å². The molecule has 1 aromatic carbocycles. The Kier molecular flexibility index (Phi) is 4.84. The molecule has 0 bridgehead atoms. The summed E-state index contributed by atoms with van der Waals surface area (Å²) in [4.78, 5) is 0. The Labute approximate surface area is 154 Å². The largest absolute Gasteiger partial charge is 0.0768 e. The van der Waals surface area contributed by atoms with E-state index in [1.807, 2.05) is 0 Å². The third-order valence-corrected chi connectivity index (χ3v) is 6.12. The minimum atomic E-state index is 0.188. The summed E-state index contributed by atoms with van der Waals surface area (Å²) >= 11 is 0. The lowest BCUT2D eigenvalue weighted by molar-refractivity contribution is 0.271. The van der Waals surface area contributed by atoms with Crippen LogP contribution in [0.5, 0.6) is 0 Å². The maximum Gasteiger partial charge on any atom is 0.00900 e. The topological polar surface area (TPSA) is 0 Å². The lowest BCUT2D eigenvalue weighted by Crippen LogP contribution is -2.27. The van der Waals surface area contributed by atoms with Gasteiger partial charge in [0.1, 0.15) is 0 Å². The number of allylic oxidation sites excluding steroid dienone is 6. The van der Waals surface area contributed by atoms with Crippen LogP contribution in [-0.2, 0) is 0 Å². The Balaban J connectivity index is 1.94. The highest BCUT2D eigenvalue weighted by molar-refractivity contribution is 5.78. The zero-order valence-electron chi connectivity index (χ0n) is 16.9. The van der Waals surface area contributed by atoms with Crippen LogP contribution >= 0.6 is 0 Å². The van der Waals surface area contributed by atoms with E-state index >= 15 is 0 Å². The van der Waals surface area contributed by atoms with Crippen LogP contribution in [-0.4, -0.2) is 0 Å². The molecule has 0 radical (unpaired) electrons. The monoisotopic (exact) mass is 334 g/mol. The van der Waals surface area contributed by atoms with Crippen molar-refractivity contribution >= 4 is 5.57 Å². The van der Waals surface area contributed by atoms with Crippen molar-refractivity contribution in [2.24, 2.45) is 16.7 Å². The molecular formula is C25H34. The second-order valence-corrected chi connectivity index (χ2v) is 9.45. The van der Waals surface area contributed by atoms with Crippen molar-refractivity contribution < 1.29 is 0 Å². The second-order valence-electron chi connectivity index (χ2n) is 9.45. The SMILES string of the molecule is CCCCC1=CC(C(C)(C)C2C=C(C(C)(C)C)c3ccccc32)C=C1. The van der Waals surface area contributed by atoms with Crippen LogP contribution in [0, 0.1) is 16.7 Å². The van der Waals surface area contributed by atoms with Crippen LogP contribution in [0.4, 0.5) is 0 Å². The first-order valence-corrected chi connectivity index (χ1v) is 9.95. The van der Waals surface area contributed by atoms with Gasteiger partial charge < -0.3 is 0 Å². The molecule has 0 fully saturated rings. The van der Waals surface area contributed by atoms with Crippen molar-refractivity contribution in [2.75, 3.05) is 0 Å². The minimum absolute atomic E-state index is 0.188. The maximum absolute atomic E-state index is 2.57. The van der Waals surface area contributed by atoms with Gasteiger partial charge in [0.05, 0.1) is 0 Å². The quantitative estimate of drug-likeness (QED) is 0.521. The highest BCUT2D eigenvalue weighted by Crippen LogP contribution is 2.54. The van der Waals surface area contributed by atoms with Crippen LogP contribution in [0.15, 0.2) is 54.1 Å². The predicted molar refractivity (Wildman–Crippen MR) is 111 cm³/mol. The van der Waals surface area contributed by atoms with E-state index in [1.54, 1.807) is 0 Å². The number of unbranched alkanes of at least 4 members (excludes halogenated alkanes) is 1. The summed E-state index contributed by atoms with van der Waals surface area (Å²) in [6.45, 7) is 14.2. The van der Waals surface area contributed by atoms with Gasteiger partial charge in [-0.3, -0.25) is 0 Å². The van der Waals surface area contributed by atoms with E-state index < -0.39 is 0 Å². The van der Waals surface area contributed by atoms with Gasteiger partial charge in [0.25, 0.3) is 0 Å². The predicted octanol–water partition coefficient (Wildman–Crippen LogP) is 7.54. The van der Waals surface area contributed by atoms with Crippen LogP contribution in [0.1, 0.15) is 77.8 Å². The van der Waals surface area contributed by atoms with Crippen molar-refractivity contribution in [1.82, 2.24) is 0 Å². The molecular weight excluding hydrogens is 300 g/mol. The summed E-state index contributed by atoms with van der Waals surface area (Å²) in [7, 11) is 0. The molecule has 2 atom stereocenters. The number of hydrogen-bond acceptors (Lipinski definition) is 0. The lowest BCUT2D eigenvalue weighted by atomic mass is 9.68. The molecule has 0 heterocycles. The van der Waals surface area contributed by atoms with Crippen LogP contribution in [0.3, 0.4) is 0 Å². The van der Waals surface area contributed by atoms with Gasteiger partial charge in [0.2, 0.25) is 0 Å². The van der Waals surface area contributed by atoms with E-state index in [1.165, 1.54) is 41.5 Å². The molecule has 0 saturated heterocycles. The summed E-state index contributed by atoms with van der Waals surface area (Å²) in [5.74, 6) is 1.00. The Hall–Kier alpha value is -1.56. The Bertz CT molecular complexity index is 719. The van der Waals surface area contributed by atoms with Gasteiger partial charge in [0.15, 0.2) is 0 Å². The minimum Gasteiger partial charge on any atom is -0.0768 e. The van der Waals surface area contributed by atoms with Gasteiger partial charge in [-0.1, -0.05) is 102 Å². The zero-order valence-corrected chi connectivity index (χ0v) is 16.9. The third kappa shape index (κ3) is 3.41. The average Bonchev–Trinajstić information content (AvgIpc) is 3.17. The third-order valence-electron chi connectivity index (χ3n) is 6.12. The van der Waals surface area contributed by atoms with Crippen molar-refractivity contribution in [3.8, 4) is 0 Å². The van der Waals surface area contributed by atoms with E-state index in [0.29, 0.717) is 11.8 Å². The van der Waals surface area contributed by atoms with Crippen molar-refractivity contribution in [3.63, 3.8) is 0 Å². The smallest absolute Gasteiger partial charge is 0.00900 e. The molecule has 2 aliphatic carbocycles. The fraction of sp³-hybridized carbons (Fsp3) is 0.520. The van der Waals surface area contributed by atoms with Crippen LogP contribution in [0.25, 0.3) is 5.57 Å². The molecule has 0 nitrogen and oxygen atoms in total. The molecule has 0 amide bonds. The Morgan fingerprint density at radius 2 is 1.68 bits per heavy atom. The number of hydrogen-bond donors (Lipinski definition) is 0. The highest BCUT2D eigenvalue weighted by Gasteiger charge is 2.41. The molecule has 0 N–H and O–H groups in total. The second kappa shape index (κ2) is 6.63. The normalized spacial score (nSPS) is 22.8. The average molecular weight is 335 g/mol. The van der Waals surface area contributed by atoms with Gasteiger partial charge in [-0.05, 0) is 40.4 Å². The van der Waals surface area contributed by atoms with Crippen LogP contribution in [0.2, 0.25) is 0 Å². The molecule has 2 unspecified atom stereocenters. The number of fused-ring (bicyclic) bond motifs is 1. The van der Waals surface area contributed by atoms with Crippen molar-refractivity contribution in [2.45, 2.75) is 66.7 Å². The fourth-order valence-electron chi connectivity index (χ4n) is 4.42. The molecule has 2 aliphatic rings. The fourth-order valence-corrected chi connectivity index (χ4v) is 4.42. The maximum atomic E-state index is 2.57. The molecule has 3 rings (SSSR count). The highest BCUT2D eigenvalue weighted by atomic mass is 14.4. The molecule has 25 heavy (non-hydrogen) atoms. The lowest BCUT2D eigenvalue weighted by Gasteiger charge is -2.36. The summed E-state index contributed by atoms with van der Waals surface area (Å²) in [5.41, 5.74) is 6.40. The van der Waals surface area contributed by atoms with E-state index in [9.17, 15) is 0 Å². The Morgan fingerprint density at radius 1 is 0.960 bits per heavy atom. The summed E-state index contributed by atoms with van der Waals surface area (Å²) in [6, 6.07) is 9.05. The molecule has 0 aromatic heterocycles. The van der Waals surface area contributed by atoms with Gasteiger partial charge in [-0.15, -0.1) is 0 Å². The van der Waals surface area contributed by atoms with E-state index in [-0.39, 0.29) is 10.8 Å². The van der Waals surface area contributed by atoms with E-state index in [4.69, 9.17) is 0 Å². The first-order valence-electron chi connectivity index (χ1n) is 9.95. The molecule has 1 aromatic rings. The summed E-state index contributed by atoms with van der Waals surface area (Å²) in [6.07, 6.45) is 13.7. The molecule has 134 valence electrons. The van der Waals surface area contributed by atoms with Crippen molar-refractivity contribution in [1.29, 1.82) is 0 Å². The summed E-state index contributed by atoms with van der Waals surface area (Å²) in [5, 5.41) is 0. The molecule has 0 saturated carbocycles. The van der Waals surface area contributed by atoms with Gasteiger partial charge >= 0.3 is 0 Å². The van der Waals surface area contributed by atoms with Gasteiger partial charge in [-0.2, -0.15) is 0 Å². The molecule has 0 spiro atoms. The number of rotatable bonds is 5. The van der Waals surface area contributed by atoms with Crippen LogP contribution < -0.4 is 0 Å². The van der Waals surface area contributed by atoms with Gasteiger partial charge in [0, 0.05) is 11.8 Å².